The summed E-state index contributed by atoms with van der Waals surface area (Å²) in [5.41, 5.74) is 6.20. The van der Waals surface area contributed by atoms with E-state index in [4.69, 9.17) is 5.73 Å². The standard InChI is InChI=1S/C18H28N2O2/c1-2-3-4-8-13-20(14-9-12-17(19)21)18(22)15-16-10-6-5-7-11-16/h5-7,10-11H,2-4,8-9,12-15H2,1H3,(H2,19,21). The fraction of sp³-hybridized carbons (Fsp3) is 0.556. The van der Waals surface area contributed by atoms with Crippen LogP contribution < -0.4 is 5.73 Å². The van der Waals surface area contributed by atoms with Crippen LogP contribution in [0, 0.1) is 0 Å². The van der Waals surface area contributed by atoms with Gasteiger partial charge in [-0.2, -0.15) is 0 Å². The predicted octanol–water partition coefficient (Wildman–Crippen LogP) is 2.90. The second-order valence-corrected chi connectivity index (χ2v) is 5.67. The number of nitrogens with two attached hydrogens (primary N) is 1. The van der Waals surface area contributed by atoms with Gasteiger partial charge in [0.1, 0.15) is 0 Å². The molecule has 122 valence electrons. The van der Waals surface area contributed by atoms with E-state index in [0.29, 0.717) is 25.8 Å². The van der Waals surface area contributed by atoms with Gasteiger partial charge in [0.15, 0.2) is 0 Å². The number of unbranched alkanes of at least 4 members (excludes halogenated alkanes) is 3. The minimum absolute atomic E-state index is 0.132. The fourth-order valence-electron chi connectivity index (χ4n) is 2.42. The van der Waals surface area contributed by atoms with Gasteiger partial charge in [-0.1, -0.05) is 56.5 Å². The van der Waals surface area contributed by atoms with Crippen molar-refractivity contribution in [2.45, 2.75) is 51.9 Å². The van der Waals surface area contributed by atoms with Gasteiger partial charge in [0.2, 0.25) is 11.8 Å². The lowest BCUT2D eigenvalue weighted by Crippen LogP contribution is -2.34. The van der Waals surface area contributed by atoms with Crippen LogP contribution in [0.15, 0.2) is 30.3 Å². The number of amides is 2. The maximum absolute atomic E-state index is 12.5. The van der Waals surface area contributed by atoms with E-state index in [1.165, 1.54) is 12.8 Å². The molecule has 0 spiro atoms. The summed E-state index contributed by atoms with van der Waals surface area (Å²) in [4.78, 5) is 25.2. The second kappa shape index (κ2) is 10.8. The van der Waals surface area contributed by atoms with Crippen molar-refractivity contribution < 1.29 is 9.59 Å². The zero-order valence-electron chi connectivity index (χ0n) is 13.6. The quantitative estimate of drug-likeness (QED) is 0.639. The molecule has 0 aliphatic rings. The SMILES string of the molecule is CCCCCCN(CCCC(N)=O)C(=O)Cc1ccccc1. The molecule has 0 bridgehead atoms. The van der Waals surface area contributed by atoms with Crippen molar-refractivity contribution in [1.82, 2.24) is 4.90 Å². The van der Waals surface area contributed by atoms with Gasteiger partial charge in [0.25, 0.3) is 0 Å². The van der Waals surface area contributed by atoms with Crippen molar-refractivity contribution in [3.8, 4) is 0 Å². The zero-order valence-corrected chi connectivity index (χ0v) is 13.6. The highest BCUT2D eigenvalue weighted by atomic mass is 16.2. The molecule has 0 heterocycles. The van der Waals surface area contributed by atoms with Crippen LogP contribution in [0.25, 0.3) is 0 Å². The third-order valence-electron chi connectivity index (χ3n) is 3.68. The Morgan fingerprint density at radius 3 is 2.32 bits per heavy atom. The third kappa shape index (κ3) is 7.81. The Balaban J connectivity index is 2.50. The lowest BCUT2D eigenvalue weighted by atomic mass is 10.1. The Kier molecular flexibility index (Phi) is 8.96. The molecule has 22 heavy (non-hydrogen) atoms. The Morgan fingerprint density at radius 2 is 1.68 bits per heavy atom. The second-order valence-electron chi connectivity index (χ2n) is 5.67. The molecule has 1 aromatic carbocycles. The first-order chi connectivity index (χ1) is 10.6. The van der Waals surface area contributed by atoms with Gasteiger partial charge in [-0.05, 0) is 18.4 Å². The highest BCUT2D eigenvalue weighted by Gasteiger charge is 2.13. The van der Waals surface area contributed by atoms with Crippen LogP contribution in [0.2, 0.25) is 0 Å². The van der Waals surface area contributed by atoms with E-state index >= 15 is 0 Å². The van der Waals surface area contributed by atoms with Crippen LogP contribution in [0.5, 0.6) is 0 Å². The molecule has 0 saturated heterocycles. The van der Waals surface area contributed by atoms with E-state index in [0.717, 1.165) is 24.9 Å². The summed E-state index contributed by atoms with van der Waals surface area (Å²) in [6.45, 7) is 3.55. The Hall–Kier alpha value is -1.84. The molecule has 0 aromatic heterocycles. The molecule has 1 rings (SSSR count). The average Bonchev–Trinajstić information content (AvgIpc) is 2.50. The normalized spacial score (nSPS) is 10.4. The molecule has 2 amide bonds. The smallest absolute Gasteiger partial charge is 0.226 e. The lowest BCUT2D eigenvalue weighted by Gasteiger charge is -2.22. The van der Waals surface area contributed by atoms with E-state index in [-0.39, 0.29) is 11.8 Å². The largest absolute Gasteiger partial charge is 0.370 e. The topological polar surface area (TPSA) is 63.4 Å². The first-order valence-corrected chi connectivity index (χ1v) is 8.23. The maximum Gasteiger partial charge on any atom is 0.226 e. The van der Waals surface area contributed by atoms with Crippen LogP contribution >= 0.6 is 0 Å². The molecule has 0 saturated carbocycles. The predicted molar refractivity (Wildman–Crippen MR) is 89.3 cm³/mol. The molecule has 1 aromatic rings. The summed E-state index contributed by atoms with van der Waals surface area (Å²) < 4.78 is 0. The first kappa shape index (κ1) is 18.2. The number of nitrogens with zero attached hydrogens (tertiary/aromatic N) is 1. The molecule has 2 N–H and O–H groups in total. The number of benzene rings is 1. The van der Waals surface area contributed by atoms with Gasteiger partial charge < -0.3 is 10.6 Å². The highest BCUT2D eigenvalue weighted by Crippen LogP contribution is 2.07. The monoisotopic (exact) mass is 304 g/mol. The molecule has 4 heteroatoms. The molecule has 0 unspecified atom stereocenters. The van der Waals surface area contributed by atoms with Crippen LogP contribution in [0.1, 0.15) is 51.0 Å². The number of carbonyl (C=O) groups excluding carboxylic acids is 2. The summed E-state index contributed by atoms with van der Waals surface area (Å²) in [6, 6.07) is 9.78. The molecule has 0 aliphatic heterocycles. The first-order valence-electron chi connectivity index (χ1n) is 8.23. The highest BCUT2D eigenvalue weighted by molar-refractivity contribution is 5.79. The molecule has 0 atom stereocenters. The Labute approximate surface area is 133 Å². The average molecular weight is 304 g/mol. The van der Waals surface area contributed by atoms with Crippen molar-refractivity contribution in [2.24, 2.45) is 5.73 Å². The molecule has 0 aliphatic carbocycles. The van der Waals surface area contributed by atoms with Crippen LogP contribution in [-0.4, -0.2) is 29.8 Å². The summed E-state index contributed by atoms with van der Waals surface area (Å²) in [7, 11) is 0. The van der Waals surface area contributed by atoms with Crippen LogP contribution in [0.4, 0.5) is 0 Å². The van der Waals surface area contributed by atoms with E-state index < -0.39 is 0 Å². The Morgan fingerprint density at radius 1 is 1.00 bits per heavy atom. The minimum atomic E-state index is -0.304. The van der Waals surface area contributed by atoms with E-state index in [9.17, 15) is 9.59 Å². The lowest BCUT2D eigenvalue weighted by molar-refractivity contribution is -0.131. The minimum Gasteiger partial charge on any atom is -0.370 e. The summed E-state index contributed by atoms with van der Waals surface area (Å²) in [5.74, 6) is -0.173. The number of rotatable bonds is 11. The summed E-state index contributed by atoms with van der Waals surface area (Å²) in [5, 5.41) is 0. The van der Waals surface area contributed by atoms with Gasteiger partial charge in [0.05, 0.1) is 6.42 Å². The van der Waals surface area contributed by atoms with E-state index in [1.54, 1.807) is 0 Å². The number of hydrogen-bond donors (Lipinski definition) is 1. The zero-order chi connectivity index (χ0) is 16.2. The molecule has 0 fully saturated rings. The van der Waals surface area contributed by atoms with Gasteiger partial charge in [-0.3, -0.25) is 9.59 Å². The van der Waals surface area contributed by atoms with Crippen molar-refractivity contribution in [3.63, 3.8) is 0 Å². The van der Waals surface area contributed by atoms with Gasteiger partial charge in [0, 0.05) is 19.5 Å². The number of hydrogen-bond acceptors (Lipinski definition) is 2. The van der Waals surface area contributed by atoms with E-state index in [2.05, 4.69) is 6.92 Å². The van der Waals surface area contributed by atoms with Gasteiger partial charge in [-0.25, -0.2) is 0 Å². The van der Waals surface area contributed by atoms with Crippen LogP contribution in [0.3, 0.4) is 0 Å². The molecular weight excluding hydrogens is 276 g/mol. The van der Waals surface area contributed by atoms with Crippen molar-refractivity contribution >= 4 is 11.8 Å². The van der Waals surface area contributed by atoms with Gasteiger partial charge >= 0.3 is 0 Å². The van der Waals surface area contributed by atoms with Crippen molar-refractivity contribution in [3.05, 3.63) is 35.9 Å². The number of primary amides is 1. The third-order valence-corrected chi connectivity index (χ3v) is 3.68. The maximum atomic E-state index is 12.5. The molecular formula is C18H28N2O2. The van der Waals surface area contributed by atoms with Crippen LogP contribution in [-0.2, 0) is 16.0 Å². The van der Waals surface area contributed by atoms with Crippen molar-refractivity contribution in [1.29, 1.82) is 0 Å². The van der Waals surface area contributed by atoms with E-state index in [1.807, 2.05) is 35.2 Å². The summed E-state index contributed by atoms with van der Waals surface area (Å²) in [6.07, 6.45) is 5.94. The van der Waals surface area contributed by atoms with Crippen molar-refractivity contribution in [2.75, 3.05) is 13.1 Å². The summed E-state index contributed by atoms with van der Waals surface area (Å²) >= 11 is 0. The molecule has 0 radical (unpaired) electrons. The van der Waals surface area contributed by atoms with Gasteiger partial charge in [-0.15, -0.1) is 0 Å². The fourth-order valence-corrected chi connectivity index (χ4v) is 2.42. The Bertz CT molecular complexity index is 446. The molecule has 4 nitrogen and oxygen atoms in total. The number of carbonyl (C=O) groups is 2.